The van der Waals surface area contributed by atoms with Crippen LogP contribution in [0.15, 0.2) is 65.6 Å². The predicted octanol–water partition coefficient (Wildman–Crippen LogP) is 3.73. The lowest BCUT2D eigenvalue weighted by Crippen LogP contribution is -2.16. The Kier molecular flexibility index (Phi) is 7.11. The number of rotatable bonds is 10. The van der Waals surface area contributed by atoms with Crippen LogP contribution in [0.5, 0.6) is 11.5 Å². The molecule has 0 saturated heterocycles. The van der Waals surface area contributed by atoms with Gasteiger partial charge in [0.2, 0.25) is 11.9 Å². The monoisotopic (exact) mass is 682 g/mol. The summed E-state index contributed by atoms with van der Waals surface area (Å²) in [5, 5.41) is 14.4. The molecule has 9 rings (SSSR count). The molecule has 0 radical (unpaired) electrons. The first-order chi connectivity index (χ1) is 24.9. The number of ether oxygens (including phenoxy) is 2. The molecule has 4 atom stereocenters. The minimum Gasteiger partial charge on any atom is -0.494 e. The number of para-hydroxylation sites is 2. The van der Waals surface area contributed by atoms with Crippen LogP contribution in [0.25, 0.3) is 33.1 Å². The fourth-order valence-electron chi connectivity index (χ4n) is 6.84. The number of fused-ring (bicyclic) bond motifs is 6. The van der Waals surface area contributed by atoms with Gasteiger partial charge in [0.05, 0.1) is 7.11 Å². The summed E-state index contributed by atoms with van der Waals surface area (Å²) in [5.41, 5.74) is 17.3. The van der Waals surface area contributed by atoms with E-state index in [2.05, 4.69) is 30.2 Å². The van der Waals surface area contributed by atoms with Gasteiger partial charge in [0.1, 0.15) is 28.4 Å². The van der Waals surface area contributed by atoms with E-state index in [0.29, 0.717) is 39.7 Å². The van der Waals surface area contributed by atoms with Crippen molar-refractivity contribution >= 4 is 51.2 Å². The Bertz CT molecular complexity index is 2540. The van der Waals surface area contributed by atoms with Gasteiger partial charge in [-0.15, -0.1) is 10.2 Å². The quantitative estimate of drug-likeness (QED) is 0.107. The van der Waals surface area contributed by atoms with Crippen molar-refractivity contribution in [3.63, 3.8) is 0 Å². The normalized spacial score (nSPS) is 20.2. The van der Waals surface area contributed by atoms with Crippen molar-refractivity contribution in [2.45, 2.75) is 37.5 Å². The van der Waals surface area contributed by atoms with Crippen molar-refractivity contribution in [3.05, 3.63) is 83.6 Å². The number of nitrogens with two attached hydrogens (primary N) is 2. The number of benzene rings is 2. The van der Waals surface area contributed by atoms with Crippen LogP contribution in [-0.2, 0) is 0 Å². The molecule has 51 heavy (non-hydrogen) atoms. The molecule has 5 heterocycles. The Labute approximate surface area is 290 Å². The molecule has 0 spiro atoms. The molecule has 16 heteroatoms. The lowest BCUT2D eigenvalue weighted by Gasteiger charge is -2.10. The second kappa shape index (κ2) is 11.9. The molecular weight excluding hydrogens is 648 g/mol. The molecule has 0 amide bonds. The number of methoxy groups -OCH3 is 1. The Balaban J connectivity index is 0.913. The first-order valence-electron chi connectivity index (χ1n) is 16.6. The SMILES string of the molecule is CN=CC(=CNCOc1cccc2c1nc(N)n1nc(C3CC3c3cnc(C)nc3)nc21)C1CC1c1nc2c3cccc(OC)c3nc(N)n2n1. The molecule has 5 N–H and O–H groups in total. The molecule has 7 aromatic rings. The molecule has 2 aromatic carbocycles. The van der Waals surface area contributed by atoms with Gasteiger partial charge in [0.15, 0.2) is 29.7 Å². The molecule has 5 aromatic heterocycles. The number of nitrogens with one attached hydrogen (secondary N) is 1. The number of anilines is 2. The van der Waals surface area contributed by atoms with Crippen LogP contribution in [0.2, 0.25) is 0 Å². The molecular formula is C35H34N14O2. The van der Waals surface area contributed by atoms with Gasteiger partial charge in [-0.05, 0) is 67.0 Å². The smallest absolute Gasteiger partial charge is 0.223 e. The average molecular weight is 683 g/mol. The van der Waals surface area contributed by atoms with E-state index in [4.69, 9.17) is 41.1 Å². The Morgan fingerprint density at radius 1 is 0.863 bits per heavy atom. The lowest BCUT2D eigenvalue weighted by atomic mass is 10.1. The number of nitrogen functional groups attached to an aromatic ring is 2. The second-order valence-corrected chi connectivity index (χ2v) is 12.8. The summed E-state index contributed by atoms with van der Waals surface area (Å²) in [6, 6.07) is 11.4. The molecule has 4 unspecified atom stereocenters. The molecule has 16 nitrogen and oxygen atoms in total. The van der Waals surface area contributed by atoms with Gasteiger partial charge in [0, 0.05) is 54.5 Å². The van der Waals surface area contributed by atoms with Crippen LogP contribution in [0.4, 0.5) is 11.9 Å². The van der Waals surface area contributed by atoms with E-state index in [-0.39, 0.29) is 42.3 Å². The number of aliphatic imine (C=N–C) groups is 1. The van der Waals surface area contributed by atoms with Gasteiger partial charge < -0.3 is 26.3 Å². The highest BCUT2D eigenvalue weighted by Crippen LogP contribution is 2.53. The minimum atomic E-state index is 0.105. The number of hydrogen-bond donors (Lipinski definition) is 3. The number of aromatic nitrogens is 10. The maximum absolute atomic E-state index is 6.40. The summed E-state index contributed by atoms with van der Waals surface area (Å²) >= 11 is 0. The molecule has 256 valence electrons. The van der Waals surface area contributed by atoms with Crippen molar-refractivity contribution in [2.24, 2.45) is 10.9 Å². The fourth-order valence-corrected chi connectivity index (χ4v) is 6.84. The zero-order valence-corrected chi connectivity index (χ0v) is 28.1. The van der Waals surface area contributed by atoms with Crippen LogP contribution >= 0.6 is 0 Å². The van der Waals surface area contributed by atoms with Crippen LogP contribution in [-0.4, -0.2) is 76.2 Å². The van der Waals surface area contributed by atoms with E-state index in [1.807, 2.05) is 68.1 Å². The second-order valence-electron chi connectivity index (χ2n) is 12.8. The van der Waals surface area contributed by atoms with E-state index in [1.54, 1.807) is 23.2 Å². The Morgan fingerprint density at radius 2 is 1.49 bits per heavy atom. The van der Waals surface area contributed by atoms with Crippen LogP contribution in [0.3, 0.4) is 0 Å². The maximum Gasteiger partial charge on any atom is 0.223 e. The van der Waals surface area contributed by atoms with Crippen molar-refractivity contribution < 1.29 is 9.47 Å². The number of aryl methyl sites for hydroxylation is 1. The summed E-state index contributed by atoms with van der Waals surface area (Å²) in [7, 11) is 3.36. The Morgan fingerprint density at radius 3 is 2.14 bits per heavy atom. The third-order valence-corrected chi connectivity index (χ3v) is 9.59. The summed E-state index contributed by atoms with van der Waals surface area (Å²) in [6.45, 7) is 2.07. The number of allylic oxidation sites excluding steroid dienone is 1. The van der Waals surface area contributed by atoms with Crippen molar-refractivity contribution in [2.75, 3.05) is 32.4 Å². The van der Waals surface area contributed by atoms with Crippen LogP contribution in [0, 0.1) is 12.8 Å². The molecule has 2 saturated carbocycles. The standard InChI is InChI=1S/C35H34N14O2/c1-17-40-14-19(15-41-17)23-11-25(23)31-45-33-21-7-5-9-27(29(21)43-35(37)49(33)47-31)51-16-39-13-18(12-38-2)22-10-24(22)30-44-32-20-6-4-8-26(50-3)28(20)42-34(36)48(32)46-30/h4-9,12-15,22-25,39H,10-11,16H2,1-3H3,(H2,36,42)(H2,37,43). The maximum atomic E-state index is 6.40. The largest absolute Gasteiger partial charge is 0.494 e. The third kappa shape index (κ3) is 5.26. The highest BCUT2D eigenvalue weighted by Gasteiger charge is 2.44. The highest BCUT2D eigenvalue weighted by molar-refractivity contribution is 5.96. The van der Waals surface area contributed by atoms with Gasteiger partial charge >= 0.3 is 0 Å². The van der Waals surface area contributed by atoms with Gasteiger partial charge in [-0.3, -0.25) is 4.99 Å². The summed E-state index contributed by atoms with van der Waals surface area (Å²) in [5.74, 6) is 4.63. The average Bonchev–Trinajstić information content (AvgIpc) is 4.02. The fraction of sp³-hybridized carbons (Fsp3) is 0.286. The zero-order chi connectivity index (χ0) is 34.8. The predicted molar refractivity (Wildman–Crippen MR) is 191 cm³/mol. The van der Waals surface area contributed by atoms with Gasteiger partial charge in [-0.1, -0.05) is 12.1 Å². The molecule has 2 aliphatic rings. The van der Waals surface area contributed by atoms with Gasteiger partial charge in [-0.2, -0.15) is 9.03 Å². The van der Waals surface area contributed by atoms with Gasteiger partial charge in [0.25, 0.3) is 0 Å². The molecule has 0 bridgehead atoms. The summed E-state index contributed by atoms with van der Waals surface area (Å²) in [4.78, 5) is 32.0. The first kappa shape index (κ1) is 30.6. The third-order valence-electron chi connectivity index (χ3n) is 9.59. The number of hydrogen-bond acceptors (Lipinski definition) is 14. The molecule has 0 aliphatic heterocycles. The minimum absolute atomic E-state index is 0.105. The molecule has 2 fully saturated rings. The van der Waals surface area contributed by atoms with Crippen molar-refractivity contribution in [1.29, 1.82) is 0 Å². The highest BCUT2D eigenvalue weighted by atomic mass is 16.5. The van der Waals surface area contributed by atoms with Gasteiger partial charge in [-0.25, -0.2) is 29.9 Å². The van der Waals surface area contributed by atoms with E-state index < -0.39 is 0 Å². The molecule has 2 aliphatic carbocycles. The van der Waals surface area contributed by atoms with Crippen molar-refractivity contribution in [3.8, 4) is 11.5 Å². The van der Waals surface area contributed by atoms with E-state index >= 15 is 0 Å². The van der Waals surface area contributed by atoms with Crippen molar-refractivity contribution in [1.82, 2.24) is 54.4 Å². The summed E-state index contributed by atoms with van der Waals surface area (Å²) < 4.78 is 14.9. The Hall–Kier alpha value is -6.45. The van der Waals surface area contributed by atoms with E-state index in [9.17, 15) is 0 Å². The number of nitrogens with zero attached hydrogens (tertiary/aromatic N) is 11. The van der Waals surface area contributed by atoms with E-state index in [1.165, 1.54) is 0 Å². The summed E-state index contributed by atoms with van der Waals surface area (Å²) in [6.07, 6.45) is 9.34. The van der Waals surface area contributed by atoms with Crippen LogP contribution in [0.1, 0.15) is 53.6 Å². The van der Waals surface area contributed by atoms with E-state index in [0.717, 1.165) is 46.4 Å². The first-order valence-corrected chi connectivity index (χ1v) is 16.6. The zero-order valence-electron chi connectivity index (χ0n) is 28.1. The lowest BCUT2D eigenvalue weighted by molar-refractivity contribution is 0.305. The van der Waals surface area contributed by atoms with Crippen LogP contribution < -0.4 is 26.3 Å². The topological polar surface area (TPSA) is 207 Å².